The Labute approximate surface area is 146 Å². The molecule has 0 radical (unpaired) electrons. The molecule has 25 heavy (non-hydrogen) atoms. The van der Waals surface area contributed by atoms with E-state index in [-0.39, 0.29) is 6.61 Å². The molecule has 2 aromatic carbocycles. The monoisotopic (exact) mass is 338 g/mol. The number of hydrogen-bond donors (Lipinski definition) is 1. The maximum Gasteiger partial charge on any atom is 0.344 e. The van der Waals surface area contributed by atoms with Crippen molar-refractivity contribution in [3.05, 3.63) is 59.7 Å². The molecule has 0 aliphatic rings. The van der Waals surface area contributed by atoms with Gasteiger partial charge in [-0.2, -0.15) is 5.26 Å². The Hall–Kier alpha value is -3.33. The number of esters is 1. The van der Waals surface area contributed by atoms with Crippen LogP contribution in [0.15, 0.2) is 48.5 Å². The van der Waals surface area contributed by atoms with Crippen LogP contribution in [-0.4, -0.2) is 25.1 Å². The highest BCUT2D eigenvalue weighted by atomic mass is 16.6. The number of nitriles is 1. The highest BCUT2D eigenvalue weighted by Gasteiger charge is 2.10. The average Bonchev–Trinajstić information content (AvgIpc) is 2.65. The number of carbonyl (C=O) groups excluding carboxylic acids is 2. The van der Waals surface area contributed by atoms with Crippen molar-refractivity contribution in [2.45, 2.75) is 13.3 Å². The molecule has 128 valence electrons. The summed E-state index contributed by atoms with van der Waals surface area (Å²) in [5.74, 6) is -0.617. The lowest BCUT2D eigenvalue weighted by molar-refractivity contribution is -0.149. The number of amides is 1. The summed E-state index contributed by atoms with van der Waals surface area (Å²) in [7, 11) is 0. The second-order valence-corrected chi connectivity index (χ2v) is 5.15. The number of rotatable bonds is 7. The largest absolute Gasteiger partial charge is 0.482 e. The fraction of sp³-hybridized carbons (Fsp3) is 0.211. The first-order valence-corrected chi connectivity index (χ1v) is 7.78. The molecule has 0 saturated carbocycles. The fourth-order valence-corrected chi connectivity index (χ4v) is 2.03. The zero-order valence-electron chi connectivity index (χ0n) is 13.8. The van der Waals surface area contributed by atoms with E-state index in [1.54, 1.807) is 36.4 Å². The molecule has 0 aliphatic carbocycles. The number of aryl methyl sites for hydroxylation is 1. The van der Waals surface area contributed by atoms with Gasteiger partial charge in [0.1, 0.15) is 11.8 Å². The fourth-order valence-electron chi connectivity index (χ4n) is 2.03. The highest BCUT2D eigenvalue weighted by molar-refractivity contribution is 5.94. The van der Waals surface area contributed by atoms with Gasteiger partial charge in [-0.15, -0.1) is 0 Å². The van der Waals surface area contributed by atoms with Gasteiger partial charge in [0.25, 0.3) is 5.91 Å². The van der Waals surface area contributed by atoms with Crippen LogP contribution in [0.3, 0.4) is 0 Å². The van der Waals surface area contributed by atoms with Crippen molar-refractivity contribution in [1.29, 1.82) is 5.26 Å². The maximum absolute atomic E-state index is 11.8. The van der Waals surface area contributed by atoms with Crippen LogP contribution in [0, 0.1) is 11.3 Å². The summed E-state index contributed by atoms with van der Waals surface area (Å²) in [6.07, 6.45) is 0.923. The predicted octanol–water partition coefficient (Wildman–Crippen LogP) is 2.68. The van der Waals surface area contributed by atoms with Gasteiger partial charge in [-0.05, 0) is 36.2 Å². The minimum absolute atomic E-state index is 0.284. The van der Waals surface area contributed by atoms with E-state index in [2.05, 4.69) is 5.32 Å². The third-order valence-corrected chi connectivity index (χ3v) is 3.37. The van der Waals surface area contributed by atoms with Gasteiger partial charge in [-0.1, -0.05) is 31.2 Å². The van der Waals surface area contributed by atoms with E-state index in [0.29, 0.717) is 17.0 Å². The molecular formula is C19H18N2O4. The molecule has 0 aromatic heterocycles. The Morgan fingerprint density at radius 3 is 2.48 bits per heavy atom. The molecule has 0 spiro atoms. The number of nitrogens with one attached hydrogen (secondary N) is 1. The number of benzene rings is 2. The van der Waals surface area contributed by atoms with Gasteiger partial charge in [0.15, 0.2) is 13.2 Å². The van der Waals surface area contributed by atoms with E-state index in [4.69, 9.17) is 14.7 Å². The van der Waals surface area contributed by atoms with Crippen LogP contribution in [0.5, 0.6) is 5.75 Å². The summed E-state index contributed by atoms with van der Waals surface area (Å²) in [6.45, 7) is 1.32. The molecule has 0 saturated heterocycles. The molecule has 0 aliphatic heterocycles. The van der Waals surface area contributed by atoms with Crippen LogP contribution in [-0.2, 0) is 20.7 Å². The van der Waals surface area contributed by atoms with Crippen LogP contribution in [0.2, 0.25) is 0 Å². The molecule has 6 nitrogen and oxygen atoms in total. The summed E-state index contributed by atoms with van der Waals surface area (Å²) in [5.41, 5.74) is 1.88. The van der Waals surface area contributed by atoms with Gasteiger partial charge >= 0.3 is 5.97 Å². The second-order valence-electron chi connectivity index (χ2n) is 5.15. The van der Waals surface area contributed by atoms with Crippen LogP contribution >= 0.6 is 0 Å². The Balaban J connectivity index is 1.75. The van der Waals surface area contributed by atoms with Crippen molar-refractivity contribution in [1.82, 2.24) is 0 Å². The van der Waals surface area contributed by atoms with Gasteiger partial charge in [0.05, 0.1) is 11.3 Å². The number of ether oxygens (including phenoxy) is 2. The Morgan fingerprint density at radius 2 is 1.80 bits per heavy atom. The molecule has 1 amide bonds. The SMILES string of the molecule is CCc1ccc(OCC(=O)OCC(=O)Nc2ccccc2C#N)cc1. The number of para-hydroxylation sites is 1. The molecule has 1 N–H and O–H groups in total. The molecule has 0 bridgehead atoms. The van der Waals surface area contributed by atoms with Crippen LogP contribution in [0.25, 0.3) is 0 Å². The van der Waals surface area contributed by atoms with Gasteiger partial charge in [0.2, 0.25) is 0 Å². The molecular weight excluding hydrogens is 320 g/mol. The predicted molar refractivity (Wildman–Crippen MR) is 92.1 cm³/mol. The minimum Gasteiger partial charge on any atom is -0.482 e. The molecule has 0 fully saturated rings. The third kappa shape index (κ3) is 5.66. The minimum atomic E-state index is -0.650. The van der Waals surface area contributed by atoms with Crippen molar-refractivity contribution in [2.24, 2.45) is 0 Å². The quantitative estimate of drug-likeness (QED) is 0.784. The van der Waals surface area contributed by atoms with Crippen molar-refractivity contribution >= 4 is 17.6 Å². The van der Waals surface area contributed by atoms with Crippen LogP contribution in [0.4, 0.5) is 5.69 Å². The normalized spacial score (nSPS) is 9.76. The van der Waals surface area contributed by atoms with Crippen molar-refractivity contribution in [2.75, 3.05) is 18.5 Å². The molecule has 0 atom stereocenters. The summed E-state index contributed by atoms with van der Waals surface area (Å²) in [6, 6.07) is 15.9. The molecule has 0 unspecified atom stereocenters. The lowest BCUT2D eigenvalue weighted by atomic mass is 10.2. The number of hydrogen-bond acceptors (Lipinski definition) is 5. The lowest BCUT2D eigenvalue weighted by Crippen LogP contribution is -2.24. The van der Waals surface area contributed by atoms with E-state index in [9.17, 15) is 9.59 Å². The lowest BCUT2D eigenvalue weighted by Gasteiger charge is -2.09. The molecule has 0 heterocycles. The molecule has 6 heteroatoms. The van der Waals surface area contributed by atoms with Gasteiger partial charge in [-0.3, -0.25) is 4.79 Å². The Kier molecular flexibility index (Phi) is 6.55. The first-order valence-electron chi connectivity index (χ1n) is 7.78. The zero-order chi connectivity index (χ0) is 18.1. The standard InChI is InChI=1S/C19H18N2O4/c1-2-14-7-9-16(10-8-14)24-13-19(23)25-12-18(22)21-17-6-4-3-5-15(17)11-20/h3-10H,2,12-13H2,1H3,(H,21,22). The Morgan fingerprint density at radius 1 is 1.08 bits per heavy atom. The van der Waals surface area contributed by atoms with E-state index in [1.165, 1.54) is 5.56 Å². The number of carbonyl (C=O) groups is 2. The zero-order valence-corrected chi connectivity index (χ0v) is 13.8. The van der Waals surface area contributed by atoms with Crippen molar-refractivity contribution in [3.8, 4) is 11.8 Å². The number of nitrogens with zero attached hydrogens (tertiary/aromatic N) is 1. The summed E-state index contributed by atoms with van der Waals surface area (Å²) >= 11 is 0. The van der Waals surface area contributed by atoms with Crippen molar-refractivity contribution in [3.63, 3.8) is 0 Å². The van der Waals surface area contributed by atoms with E-state index >= 15 is 0 Å². The van der Waals surface area contributed by atoms with Gasteiger partial charge < -0.3 is 14.8 Å². The van der Waals surface area contributed by atoms with E-state index in [1.807, 2.05) is 25.1 Å². The first-order chi connectivity index (χ1) is 12.1. The Bertz CT molecular complexity index is 779. The topological polar surface area (TPSA) is 88.4 Å². The maximum atomic E-state index is 11.8. The van der Waals surface area contributed by atoms with Gasteiger partial charge in [-0.25, -0.2) is 4.79 Å². The van der Waals surface area contributed by atoms with Crippen LogP contribution < -0.4 is 10.1 Å². The second kappa shape index (κ2) is 9.08. The molecule has 2 aromatic rings. The first kappa shape index (κ1) is 18.0. The third-order valence-electron chi connectivity index (χ3n) is 3.37. The summed E-state index contributed by atoms with van der Waals surface area (Å²) < 4.78 is 10.2. The number of anilines is 1. The summed E-state index contributed by atoms with van der Waals surface area (Å²) in [5, 5.41) is 11.5. The highest BCUT2D eigenvalue weighted by Crippen LogP contribution is 2.14. The van der Waals surface area contributed by atoms with E-state index < -0.39 is 18.5 Å². The van der Waals surface area contributed by atoms with Crippen LogP contribution in [0.1, 0.15) is 18.1 Å². The van der Waals surface area contributed by atoms with E-state index in [0.717, 1.165) is 6.42 Å². The smallest absolute Gasteiger partial charge is 0.344 e. The summed E-state index contributed by atoms with van der Waals surface area (Å²) in [4.78, 5) is 23.4. The average molecular weight is 338 g/mol. The van der Waals surface area contributed by atoms with Crippen molar-refractivity contribution < 1.29 is 19.1 Å². The van der Waals surface area contributed by atoms with Gasteiger partial charge in [0, 0.05) is 0 Å². The molecule has 2 rings (SSSR count).